The molecule has 2 rings (SSSR count). The molecule has 1 atom stereocenters. The van der Waals surface area contributed by atoms with Gasteiger partial charge in [-0.3, -0.25) is 4.79 Å². The zero-order valence-corrected chi connectivity index (χ0v) is 11.0. The second kappa shape index (κ2) is 6.14. The summed E-state index contributed by atoms with van der Waals surface area (Å²) in [7, 11) is 0. The molecule has 4 nitrogen and oxygen atoms in total. The average molecular weight is 271 g/mol. The lowest BCUT2D eigenvalue weighted by Gasteiger charge is -2.10. The molecular weight excluding hydrogens is 258 g/mol. The third kappa shape index (κ3) is 3.41. The monoisotopic (exact) mass is 271 g/mol. The number of carbonyl (C=O) groups is 1. The van der Waals surface area contributed by atoms with Gasteiger partial charge in [0.05, 0.1) is 6.04 Å². The molecule has 1 heterocycles. The summed E-state index contributed by atoms with van der Waals surface area (Å²) in [5.41, 5.74) is 7.29. The fourth-order valence-corrected chi connectivity index (χ4v) is 2.19. The lowest BCUT2D eigenvalue weighted by Crippen LogP contribution is -2.35. The number of hydrogen-bond donors (Lipinski definition) is 2. The van der Waals surface area contributed by atoms with Gasteiger partial charge < -0.3 is 11.1 Å². The van der Waals surface area contributed by atoms with Crippen LogP contribution in [0.1, 0.15) is 6.42 Å². The third-order valence-electron chi connectivity index (χ3n) is 2.48. The number of anilines is 1. The minimum atomic E-state index is -0.687. The Morgan fingerprint density at radius 2 is 2.42 bits per heavy atom. The van der Waals surface area contributed by atoms with Gasteiger partial charge in [-0.2, -0.15) is 0 Å². The molecule has 0 radical (unpaired) electrons. The fourth-order valence-electron chi connectivity index (χ4n) is 1.55. The molecule has 96 valence electrons. The second-order valence-corrected chi connectivity index (χ2v) is 4.82. The van der Waals surface area contributed by atoms with E-state index in [0.717, 1.165) is 10.6 Å². The van der Waals surface area contributed by atoms with Gasteiger partial charge in [-0.05, 0) is 12.1 Å². The Morgan fingerprint density at radius 1 is 1.58 bits per heavy atom. The number of amides is 1. The van der Waals surface area contributed by atoms with Crippen LogP contribution in [0.4, 0.5) is 5.69 Å². The third-order valence-corrected chi connectivity index (χ3v) is 3.31. The normalized spacial score (nSPS) is 11.6. The number of rotatable bonds is 4. The van der Waals surface area contributed by atoms with Crippen LogP contribution in [0.25, 0.3) is 10.6 Å². The van der Waals surface area contributed by atoms with Crippen molar-refractivity contribution >= 4 is 22.9 Å². The summed E-state index contributed by atoms with van der Waals surface area (Å²) in [6, 6.07) is 6.78. The number of benzene rings is 1. The van der Waals surface area contributed by atoms with E-state index in [2.05, 4.69) is 16.2 Å². The van der Waals surface area contributed by atoms with Crippen molar-refractivity contribution in [2.24, 2.45) is 5.73 Å². The minimum absolute atomic E-state index is 0.220. The maximum atomic E-state index is 11.8. The van der Waals surface area contributed by atoms with Gasteiger partial charge >= 0.3 is 0 Å². The first-order valence-electron chi connectivity index (χ1n) is 5.70. The zero-order chi connectivity index (χ0) is 13.7. The molecule has 5 heteroatoms. The maximum absolute atomic E-state index is 11.8. The molecule has 1 unspecified atom stereocenters. The Kier molecular flexibility index (Phi) is 4.29. The van der Waals surface area contributed by atoms with E-state index in [-0.39, 0.29) is 12.3 Å². The summed E-state index contributed by atoms with van der Waals surface area (Å²) >= 11 is 1.54. The van der Waals surface area contributed by atoms with Gasteiger partial charge in [0.2, 0.25) is 5.91 Å². The van der Waals surface area contributed by atoms with Crippen molar-refractivity contribution < 1.29 is 4.79 Å². The summed E-state index contributed by atoms with van der Waals surface area (Å²) < 4.78 is 0. The first-order chi connectivity index (χ1) is 9.20. The first-order valence-corrected chi connectivity index (χ1v) is 6.58. The van der Waals surface area contributed by atoms with Crippen LogP contribution in [0.2, 0.25) is 0 Å². The molecular formula is C14H13N3OS. The molecule has 0 aliphatic heterocycles. The number of terminal acetylenes is 1. The first kappa shape index (κ1) is 13.3. The largest absolute Gasteiger partial charge is 0.325 e. The smallest absolute Gasteiger partial charge is 0.242 e. The van der Waals surface area contributed by atoms with E-state index in [1.165, 1.54) is 0 Å². The Labute approximate surface area is 115 Å². The van der Waals surface area contributed by atoms with Crippen molar-refractivity contribution in [2.45, 2.75) is 12.5 Å². The van der Waals surface area contributed by atoms with Gasteiger partial charge in [-0.25, -0.2) is 4.98 Å². The highest BCUT2D eigenvalue weighted by molar-refractivity contribution is 7.13. The molecule has 0 aliphatic carbocycles. The van der Waals surface area contributed by atoms with E-state index in [0.29, 0.717) is 5.69 Å². The van der Waals surface area contributed by atoms with Crippen molar-refractivity contribution in [3.05, 3.63) is 35.8 Å². The molecule has 19 heavy (non-hydrogen) atoms. The van der Waals surface area contributed by atoms with E-state index in [1.54, 1.807) is 23.6 Å². The minimum Gasteiger partial charge on any atom is -0.325 e. The zero-order valence-electron chi connectivity index (χ0n) is 10.2. The average Bonchev–Trinajstić information content (AvgIpc) is 2.93. The Hall–Kier alpha value is -2.16. The number of aromatic nitrogens is 1. The summed E-state index contributed by atoms with van der Waals surface area (Å²) in [4.78, 5) is 16.0. The number of nitrogens with one attached hydrogen (secondary N) is 1. The Morgan fingerprint density at radius 3 is 3.11 bits per heavy atom. The number of carbonyl (C=O) groups excluding carboxylic acids is 1. The molecule has 0 aliphatic rings. The fraction of sp³-hybridized carbons (Fsp3) is 0.143. The summed E-state index contributed by atoms with van der Waals surface area (Å²) in [5, 5.41) is 5.56. The molecule has 1 amide bonds. The van der Waals surface area contributed by atoms with Crippen molar-refractivity contribution in [1.29, 1.82) is 0 Å². The van der Waals surface area contributed by atoms with Crippen LogP contribution in [0.15, 0.2) is 35.8 Å². The topological polar surface area (TPSA) is 68.0 Å². The molecule has 1 aromatic carbocycles. The SMILES string of the molecule is C#CCC(N)C(=O)Nc1cccc(-c2nccs2)c1. The van der Waals surface area contributed by atoms with Crippen LogP contribution in [0.5, 0.6) is 0 Å². The van der Waals surface area contributed by atoms with Gasteiger partial charge in [0, 0.05) is 29.2 Å². The Balaban J connectivity index is 2.12. The number of hydrogen-bond acceptors (Lipinski definition) is 4. The quantitative estimate of drug-likeness (QED) is 0.837. The predicted molar refractivity (Wildman–Crippen MR) is 77.6 cm³/mol. The van der Waals surface area contributed by atoms with Gasteiger partial charge in [-0.1, -0.05) is 12.1 Å². The lowest BCUT2D eigenvalue weighted by atomic mass is 10.2. The van der Waals surface area contributed by atoms with Gasteiger partial charge in [0.25, 0.3) is 0 Å². The van der Waals surface area contributed by atoms with E-state index in [9.17, 15) is 4.79 Å². The van der Waals surface area contributed by atoms with E-state index < -0.39 is 6.04 Å². The standard InChI is InChI=1S/C14H13N3OS/c1-2-4-12(15)13(18)17-11-6-3-5-10(9-11)14-16-7-8-19-14/h1,3,5-9,12H,4,15H2,(H,17,18). The summed E-state index contributed by atoms with van der Waals surface area (Å²) in [5.74, 6) is 2.09. The summed E-state index contributed by atoms with van der Waals surface area (Å²) in [6.45, 7) is 0. The molecule has 0 saturated carbocycles. The van der Waals surface area contributed by atoms with E-state index in [4.69, 9.17) is 12.2 Å². The van der Waals surface area contributed by atoms with Crippen LogP contribution in [0.3, 0.4) is 0 Å². The number of thiazole rings is 1. The second-order valence-electron chi connectivity index (χ2n) is 3.92. The van der Waals surface area contributed by atoms with Crippen LogP contribution in [0, 0.1) is 12.3 Å². The molecule has 0 fully saturated rings. The van der Waals surface area contributed by atoms with Crippen LogP contribution in [-0.4, -0.2) is 16.9 Å². The van der Waals surface area contributed by atoms with Gasteiger partial charge in [-0.15, -0.1) is 23.7 Å². The molecule has 0 saturated heterocycles. The van der Waals surface area contributed by atoms with Gasteiger partial charge in [0.15, 0.2) is 0 Å². The van der Waals surface area contributed by atoms with Crippen molar-refractivity contribution in [3.8, 4) is 22.9 Å². The molecule has 0 spiro atoms. The highest BCUT2D eigenvalue weighted by Gasteiger charge is 2.12. The highest BCUT2D eigenvalue weighted by atomic mass is 32.1. The van der Waals surface area contributed by atoms with Crippen molar-refractivity contribution in [1.82, 2.24) is 4.98 Å². The molecule has 2 aromatic rings. The Bertz CT molecular complexity index is 601. The van der Waals surface area contributed by atoms with Crippen molar-refractivity contribution in [2.75, 3.05) is 5.32 Å². The molecule has 3 N–H and O–H groups in total. The van der Waals surface area contributed by atoms with E-state index >= 15 is 0 Å². The van der Waals surface area contributed by atoms with Crippen LogP contribution in [-0.2, 0) is 4.79 Å². The van der Waals surface area contributed by atoms with Crippen molar-refractivity contribution in [3.63, 3.8) is 0 Å². The number of nitrogens with two attached hydrogens (primary N) is 1. The molecule has 1 aromatic heterocycles. The predicted octanol–water partition coefficient (Wildman–Crippen LogP) is 2.10. The lowest BCUT2D eigenvalue weighted by molar-refractivity contribution is -0.117. The van der Waals surface area contributed by atoms with E-state index in [1.807, 2.05) is 23.6 Å². The maximum Gasteiger partial charge on any atom is 0.242 e. The van der Waals surface area contributed by atoms with Crippen LogP contribution >= 0.6 is 11.3 Å². The summed E-state index contributed by atoms with van der Waals surface area (Å²) in [6.07, 6.45) is 7.10. The molecule has 0 bridgehead atoms. The highest BCUT2D eigenvalue weighted by Crippen LogP contribution is 2.24. The van der Waals surface area contributed by atoms with Crippen LogP contribution < -0.4 is 11.1 Å². The van der Waals surface area contributed by atoms with Gasteiger partial charge in [0.1, 0.15) is 5.01 Å². The number of nitrogens with zero attached hydrogens (tertiary/aromatic N) is 1.